The summed E-state index contributed by atoms with van der Waals surface area (Å²) in [5, 5.41) is 14.1. The first kappa shape index (κ1) is 15.7. The minimum atomic E-state index is -0.504. The van der Waals surface area contributed by atoms with Gasteiger partial charge in [0.1, 0.15) is 5.69 Å². The van der Waals surface area contributed by atoms with Gasteiger partial charge in [0, 0.05) is 12.6 Å². The summed E-state index contributed by atoms with van der Waals surface area (Å²) in [6, 6.07) is 6.68. The molecule has 0 radical (unpaired) electrons. The van der Waals surface area contributed by atoms with Gasteiger partial charge in [0.25, 0.3) is 5.69 Å². The number of benzene rings is 1. The van der Waals surface area contributed by atoms with Gasteiger partial charge in [-0.15, -0.1) is 0 Å². The van der Waals surface area contributed by atoms with Crippen LogP contribution in [0.1, 0.15) is 27.2 Å². The van der Waals surface area contributed by atoms with E-state index in [-0.39, 0.29) is 16.7 Å². The zero-order chi connectivity index (χ0) is 15.5. The lowest BCUT2D eigenvalue weighted by Gasteiger charge is -2.19. The van der Waals surface area contributed by atoms with Crippen molar-refractivity contribution in [2.45, 2.75) is 39.1 Å². The van der Waals surface area contributed by atoms with Crippen LogP contribution >= 0.6 is 0 Å². The molecule has 0 saturated carbocycles. The molecule has 0 amide bonds. The lowest BCUT2D eigenvalue weighted by atomic mass is 10.0. The summed E-state index contributed by atoms with van der Waals surface area (Å²) in [5.41, 5.74) is 0.657. The van der Waals surface area contributed by atoms with Gasteiger partial charge in [-0.25, -0.2) is 0 Å². The summed E-state index contributed by atoms with van der Waals surface area (Å²) < 4.78 is 11.3. The first-order valence-corrected chi connectivity index (χ1v) is 7.16. The van der Waals surface area contributed by atoms with E-state index in [2.05, 4.69) is 12.2 Å². The van der Waals surface area contributed by atoms with Crippen molar-refractivity contribution < 1.29 is 14.4 Å². The van der Waals surface area contributed by atoms with Gasteiger partial charge in [0.15, 0.2) is 5.79 Å². The molecular formula is C15H22N2O4. The summed E-state index contributed by atoms with van der Waals surface area (Å²) in [4.78, 5) is 10.6. The number of para-hydroxylation sites is 2. The second kappa shape index (κ2) is 6.41. The first-order chi connectivity index (χ1) is 9.87. The average molecular weight is 294 g/mol. The number of nitro benzene ring substituents is 1. The zero-order valence-electron chi connectivity index (χ0n) is 12.7. The Labute approximate surface area is 124 Å². The van der Waals surface area contributed by atoms with Crippen molar-refractivity contribution in [3.63, 3.8) is 0 Å². The van der Waals surface area contributed by atoms with Crippen molar-refractivity contribution >= 4 is 11.4 Å². The van der Waals surface area contributed by atoms with Gasteiger partial charge in [-0.05, 0) is 32.3 Å². The number of nitrogens with zero attached hydrogens (tertiary/aromatic N) is 1. The fourth-order valence-electron chi connectivity index (χ4n) is 2.48. The highest BCUT2D eigenvalue weighted by Gasteiger charge is 2.33. The lowest BCUT2D eigenvalue weighted by molar-refractivity contribution is -0.384. The maximum atomic E-state index is 10.9. The summed E-state index contributed by atoms with van der Waals surface area (Å²) in [6.45, 7) is 7.16. The Balaban J connectivity index is 1.84. The molecule has 0 aliphatic carbocycles. The SMILES string of the molecule is C[C@@H](CNc1ccccc1[N+](=O)[O-])C[C@H]1COC(C)(C)O1. The maximum Gasteiger partial charge on any atom is 0.292 e. The van der Waals surface area contributed by atoms with Gasteiger partial charge in [-0.1, -0.05) is 19.1 Å². The molecule has 0 spiro atoms. The maximum absolute atomic E-state index is 10.9. The number of hydrogen-bond acceptors (Lipinski definition) is 5. The molecule has 1 aromatic carbocycles. The molecule has 1 N–H and O–H groups in total. The lowest BCUT2D eigenvalue weighted by Crippen LogP contribution is -2.24. The molecule has 1 heterocycles. The van der Waals surface area contributed by atoms with Crippen LogP contribution in [0.4, 0.5) is 11.4 Å². The molecule has 2 atom stereocenters. The molecule has 0 bridgehead atoms. The molecule has 6 heteroatoms. The van der Waals surface area contributed by atoms with E-state index in [1.165, 1.54) is 6.07 Å². The van der Waals surface area contributed by atoms with E-state index in [1.54, 1.807) is 18.2 Å². The van der Waals surface area contributed by atoms with Crippen molar-refractivity contribution in [1.82, 2.24) is 0 Å². The van der Waals surface area contributed by atoms with E-state index in [0.29, 0.717) is 24.8 Å². The Bertz CT molecular complexity index is 504. The summed E-state index contributed by atoms with van der Waals surface area (Å²) in [5.74, 6) is -0.178. The van der Waals surface area contributed by atoms with E-state index in [9.17, 15) is 10.1 Å². The van der Waals surface area contributed by atoms with Crippen molar-refractivity contribution in [3.05, 3.63) is 34.4 Å². The van der Waals surface area contributed by atoms with E-state index in [4.69, 9.17) is 9.47 Å². The van der Waals surface area contributed by atoms with Gasteiger partial charge < -0.3 is 14.8 Å². The van der Waals surface area contributed by atoms with E-state index >= 15 is 0 Å². The first-order valence-electron chi connectivity index (χ1n) is 7.16. The van der Waals surface area contributed by atoms with Gasteiger partial charge in [0.2, 0.25) is 0 Å². The number of ether oxygens (including phenoxy) is 2. The average Bonchev–Trinajstić information content (AvgIpc) is 2.75. The number of anilines is 1. The second-order valence-corrected chi connectivity index (χ2v) is 5.95. The summed E-state index contributed by atoms with van der Waals surface area (Å²) in [7, 11) is 0. The number of rotatable bonds is 6. The highest BCUT2D eigenvalue weighted by molar-refractivity contribution is 5.61. The Morgan fingerprint density at radius 2 is 2.19 bits per heavy atom. The van der Waals surface area contributed by atoms with Crippen LogP contribution in [-0.4, -0.2) is 30.0 Å². The molecular weight excluding hydrogens is 272 g/mol. The molecule has 0 unspecified atom stereocenters. The van der Waals surface area contributed by atoms with Crippen LogP contribution in [0.25, 0.3) is 0 Å². The van der Waals surface area contributed by atoms with Crippen LogP contribution in [0.2, 0.25) is 0 Å². The van der Waals surface area contributed by atoms with Crippen molar-refractivity contribution in [2.75, 3.05) is 18.5 Å². The van der Waals surface area contributed by atoms with Crippen LogP contribution in [0.3, 0.4) is 0 Å². The third kappa shape index (κ3) is 4.41. The second-order valence-electron chi connectivity index (χ2n) is 5.95. The van der Waals surface area contributed by atoms with Crippen LogP contribution < -0.4 is 5.32 Å². The van der Waals surface area contributed by atoms with E-state index < -0.39 is 5.79 Å². The normalized spacial score (nSPS) is 22.0. The Morgan fingerprint density at radius 3 is 2.81 bits per heavy atom. The quantitative estimate of drug-likeness (QED) is 0.644. The molecule has 6 nitrogen and oxygen atoms in total. The predicted molar refractivity (Wildman–Crippen MR) is 80.3 cm³/mol. The fourth-order valence-corrected chi connectivity index (χ4v) is 2.48. The number of hydrogen-bond donors (Lipinski definition) is 1. The topological polar surface area (TPSA) is 73.6 Å². The molecule has 21 heavy (non-hydrogen) atoms. The van der Waals surface area contributed by atoms with Gasteiger partial charge in [0.05, 0.1) is 17.6 Å². The highest BCUT2D eigenvalue weighted by atomic mass is 16.7. The molecule has 2 rings (SSSR count). The summed E-state index contributed by atoms with van der Waals surface area (Å²) >= 11 is 0. The Kier molecular flexibility index (Phi) is 4.80. The number of nitrogens with one attached hydrogen (secondary N) is 1. The zero-order valence-corrected chi connectivity index (χ0v) is 12.7. The Morgan fingerprint density at radius 1 is 1.48 bits per heavy atom. The van der Waals surface area contributed by atoms with E-state index in [0.717, 1.165) is 6.42 Å². The molecule has 1 saturated heterocycles. The third-order valence-corrected chi connectivity index (χ3v) is 3.47. The van der Waals surface area contributed by atoms with Crippen molar-refractivity contribution in [2.24, 2.45) is 5.92 Å². The minimum Gasteiger partial charge on any atom is -0.379 e. The summed E-state index contributed by atoms with van der Waals surface area (Å²) in [6.07, 6.45) is 0.944. The van der Waals surface area contributed by atoms with Crippen LogP contribution in [0.15, 0.2) is 24.3 Å². The van der Waals surface area contributed by atoms with Crippen LogP contribution in [-0.2, 0) is 9.47 Å². The molecule has 116 valence electrons. The van der Waals surface area contributed by atoms with Crippen LogP contribution in [0, 0.1) is 16.0 Å². The predicted octanol–water partition coefficient (Wildman–Crippen LogP) is 3.18. The fraction of sp³-hybridized carbons (Fsp3) is 0.600. The standard InChI is InChI=1S/C15H22N2O4/c1-11(8-12-10-20-15(2,3)21-12)9-16-13-6-4-5-7-14(13)17(18)19/h4-7,11-12,16H,8-10H2,1-3H3/t11-,12+/m1/s1. The molecule has 1 aromatic rings. The van der Waals surface area contributed by atoms with Gasteiger partial charge >= 0.3 is 0 Å². The number of nitro groups is 1. The molecule has 1 aliphatic heterocycles. The van der Waals surface area contributed by atoms with Gasteiger partial charge in [-0.3, -0.25) is 10.1 Å². The highest BCUT2D eigenvalue weighted by Crippen LogP contribution is 2.27. The van der Waals surface area contributed by atoms with E-state index in [1.807, 2.05) is 13.8 Å². The minimum absolute atomic E-state index is 0.0857. The van der Waals surface area contributed by atoms with Crippen molar-refractivity contribution in [3.8, 4) is 0 Å². The largest absolute Gasteiger partial charge is 0.379 e. The monoisotopic (exact) mass is 294 g/mol. The smallest absolute Gasteiger partial charge is 0.292 e. The van der Waals surface area contributed by atoms with Gasteiger partial charge in [-0.2, -0.15) is 0 Å². The molecule has 1 aliphatic rings. The van der Waals surface area contributed by atoms with Crippen molar-refractivity contribution in [1.29, 1.82) is 0 Å². The molecule has 0 aromatic heterocycles. The van der Waals surface area contributed by atoms with Crippen LogP contribution in [0.5, 0.6) is 0 Å². The third-order valence-electron chi connectivity index (χ3n) is 3.47. The molecule has 1 fully saturated rings. The Hall–Kier alpha value is -1.66.